The molecule has 0 fully saturated rings. The van der Waals surface area contributed by atoms with Gasteiger partial charge in [-0.2, -0.15) is 0 Å². The second-order valence-electron chi connectivity index (χ2n) is 4.35. The van der Waals surface area contributed by atoms with Crippen molar-refractivity contribution < 1.29 is 0 Å². The quantitative estimate of drug-likeness (QED) is 0.798. The van der Waals surface area contributed by atoms with Gasteiger partial charge in [-0.15, -0.1) is 0 Å². The zero-order valence-electron chi connectivity index (χ0n) is 10.3. The Balaban J connectivity index is 2.03. The van der Waals surface area contributed by atoms with Crippen LogP contribution in [0.1, 0.15) is 6.42 Å². The smallest absolute Gasteiger partial charge is 0.0964 e. The van der Waals surface area contributed by atoms with Crippen LogP contribution in [0.5, 0.6) is 0 Å². The molecule has 4 heteroatoms. The molecule has 90 valence electrons. The maximum atomic E-state index is 4.38. The summed E-state index contributed by atoms with van der Waals surface area (Å²) in [7, 11) is 4.17. The van der Waals surface area contributed by atoms with Gasteiger partial charge in [-0.3, -0.25) is 9.97 Å². The molecule has 17 heavy (non-hydrogen) atoms. The normalized spacial score (nSPS) is 11.0. The van der Waals surface area contributed by atoms with Crippen LogP contribution in [0, 0.1) is 0 Å². The lowest BCUT2D eigenvalue weighted by atomic mass is 10.2. The van der Waals surface area contributed by atoms with E-state index in [1.807, 2.05) is 30.7 Å². The molecule has 0 spiro atoms. The Morgan fingerprint density at radius 1 is 1.29 bits per heavy atom. The van der Waals surface area contributed by atoms with Crippen molar-refractivity contribution in [3.8, 4) is 0 Å². The predicted molar refractivity (Wildman–Crippen MR) is 71.2 cm³/mol. The molecular weight excluding hydrogens is 212 g/mol. The standard InChI is InChI=1S/C13H18N4/c1-17(2)8-4-7-15-12-10-14-9-11-5-3-6-16-13(11)12/h3,5-6,9-10,15H,4,7-8H2,1-2H3. The van der Waals surface area contributed by atoms with Crippen LogP contribution in [-0.4, -0.2) is 42.1 Å². The van der Waals surface area contributed by atoms with Crippen molar-refractivity contribution >= 4 is 16.6 Å². The minimum absolute atomic E-state index is 0.940. The van der Waals surface area contributed by atoms with Crippen molar-refractivity contribution in [1.82, 2.24) is 14.9 Å². The highest BCUT2D eigenvalue weighted by atomic mass is 15.1. The van der Waals surface area contributed by atoms with E-state index in [0.29, 0.717) is 0 Å². The molecule has 0 radical (unpaired) electrons. The van der Waals surface area contributed by atoms with E-state index in [1.165, 1.54) is 0 Å². The third-order valence-corrected chi connectivity index (χ3v) is 2.61. The van der Waals surface area contributed by atoms with E-state index < -0.39 is 0 Å². The molecule has 2 aromatic heterocycles. The second kappa shape index (κ2) is 5.59. The number of rotatable bonds is 5. The molecule has 4 nitrogen and oxygen atoms in total. The molecule has 0 aromatic carbocycles. The van der Waals surface area contributed by atoms with Crippen LogP contribution in [0.4, 0.5) is 5.69 Å². The molecule has 2 heterocycles. The Morgan fingerprint density at radius 3 is 3.00 bits per heavy atom. The number of pyridine rings is 2. The summed E-state index contributed by atoms with van der Waals surface area (Å²) in [6, 6.07) is 3.96. The van der Waals surface area contributed by atoms with Crippen LogP contribution in [0.15, 0.2) is 30.7 Å². The lowest BCUT2D eigenvalue weighted by Crippen LogP contribution is -2.16. The number of nitrogens with zero attached hydrogens (tertiary/aromatic N) is 3. The lowest BCUT2D eigenvalue weighted by Gasteiger charge is -2.11. The van der Waals surface area contributed by atoms with Crippen molar-refractivity contribution in [3.63, 3.8) is 0 Å². The molecule has 0 saturated heterocycles. The molecule has 0 unspecified atom stereocenters. The van der Waals surface area contributed by atoms with E-state index in [1.54, 1.807) is 0 Å². The van der Waals surface area contributed by atoms with E-state index in [2.05, 4.69) is 34.3 Å². The molecule has 0 aliphatic rings. The van der Waals surface area contributed by atoms with Crippen molar-refractivity contribution in [2.75, 3.05) is 32.5 Å². The third-order valence-electron chi connectivity index (χ3n) is 2.61. The van der Waals surface area contributed by atoms with E-state index in [0.717, 1.165) is 36.1 Å². The van der Waals surface area contributed by atoms with Crippen LogP contribution in [0.2, 0.25) is 0 Å². The lowest BCUT2D eigenvalue weighted by molar-refractivity contribution is 0.405. The van der Waals surface area contributed by atoms with Gasteiger partial charge in [-0.05, 0) is 39.2 Å². The van der Waals surface area contributed by atoms with Gasteiger partial charge in [-0.25, -0.2) is 0 Å². The summed E-state index contributed by atoms with van der Waals surface area (Å²) in [5.74, 6) is 0. The first-order chi connectivity index (χ1) is 8.27. The maximum Gasteiger partial charge on any atom is 0.0964 e. The van der Waals surface area contributed by atoms with Crippen LogP contribution in [0.25, 0.3) is 10.9 Å². The Labute approximate surface area is 102 Å². The SMILES string of the molecule is CN(C)CCCNc1cncc2cccnc12. The summed E-state index contributed by atoms with van der Waals surface area (Å²) in [4.78, 5) is 10.8. The summed E-state index contributed by atoms with van der Waals surface area (Å²) in [5.41, 5.74) is 2.01. The molecular formula is C13H18N4. The minimum atomic E-state index is 0.940. The highest BCUT2D eigenvalue weighted by Crippen LogP contribution is 2.18. The van der Waals surface area contributed by atoms with E-state index >= 15 is 0 Å². The largest absolute Gasteiger partial charge is 0.382 e. The molecule has 0 bridgehead atoms. The van der Waals surface area contributed by atoms with Crippen molar-refractivity contribution in [3.05, 3.63) is 30.7 Å². The molecule has 0 saturated carbocycles. The van der Waals surface area contributed by atoms with Gasteiger partial charge >= 0.3 is 0 Å². The molecule has 0 atom stereocenters. The Bertz CT molecular complexity index is 476. The number of hydrogen-bond donors (Lipinski definition) is 1. The monoisotopic (exact) mass is 230 g/mol. The van der Waals surface area contributed by atoms with E-state index in [4.69, 9.17) is 0 Å². The highest BCUT2D eigenvalue weighted by Gasteiger charge is 2.01. The third kappa shape index (κ3) is 3.14. The number of anilines is 1. The van der Waals surface area contributed by atoms with Gasteiger partial charge in [0.1, 0.15) is 0 Å². The van der Waals surface area contributed by atoms with Crippen molar-refractivity contribution in [2.24, 2.45) is 0 Å². The van der Waals surface area contributed by atoms with Crippen molar-refractivity contribution in [2.45, 2.75) is 6.42 Å². The summed E-state index contributed by atoms with van der Waals surface area (Å²) in [6.07, 6.45) is 6.60. The average molecular weight is 230 g/mol. The van der Waals surface area contributed by atoms with Gasteiger partial charge in [0, 0.05) is 24.3 Å². The Kier molecular flexibility index (Phi) is 3.88. The fourth-order valence-corrected chi connectivity index (χ4v) is 1.75. The van der Waals surface area contributed by atoms with Gasteiger partial charge < -0.3 is 10.2 Å². The summed E-state index contributed by atoms with van der Waals surface area (Å²) in [6.45, 7) is 2.02. The summed E-state index contributed by atoms with van der Waals surface area (Å²) < 4.78 is 0. The van der Waals surface area contributed by atoms with Gasteiger partial charge in [0.25, 0.3) is 0 Å². The fraction of sp³-hybridized carbons (Fsp3) is 0.385. The highest BCUT2D eigenvalue weighted by molar-refractivity contribution is 5.88. The molecule has 0 amide bonds. The van der Waals surface area contributed by atoms with Crippen LogP contribution in [-0.2, 0) is 0 Å². The van der Waals surface area contributed by atoms with Crippen LogP contribution < -0.4 is 5.32 Å². The fourth-order valence-electron chi connectivity index (χ4n) is 1.75. The minimum Gasteiger partial charge on any atom is -0.382 e. The number of hydrogen-bond acceptors (Lipinski definition) is 4. The number of fused-ring (bicyclic) bond motifs is 1. The van der Waals surface area contributed by atoms with Gasteiger partial charge in [0.15, 0.2) is 0 Å². The first-order valence-corrected chi connectivity index (χ1v) is 5.85. The maximum absolute atomic E-state index is 4.38. The zero-order chi connectivity index (χ0) is 12.1. The number of aromatic nitrogens is 2. The molecule has 1 N–H and O–H groups in total. The Morgan fingerprint density at radius 2 is 2.18 bits per heavy atom. The van der Waals surface area contributed by atoms with Crippen LogP contribution >= 0.6 is 0 Å². The van der Waals surface area contributed by atoms with Crippen LogP contribution in [0.3, 0.4) is 0 Å². The number of nitrogens with one attached hydrogen (secondary N) is 1. The van der Waals surface area contributed by atoms with E-state index in [9.17, 15) is 0 Å². The Hall–Kier alpha value is -1.68. The topological polar surface area (TPSA) is 41.0 Å². The molecule has 2 rings (SSSR count). The zero-order valence-corrected chi connectivity index (χ0v) is 10.3. The first kappa shape index (κ1) is 11.8. The van der Waals surface area contributed by atoms with E-state index in [-0.39, 0.29) is 0 Å². The first-order valence-electron chi connectivity index (χ1n) is 5.85. The van der Waals surface area contributed by atoms with Crippen molar-refractivity contribution in [1.29, 1.82) is 0 Å². The average Bonchev–Trinajstić information content (AvgIpc) is 2.34. The molecule has 0 aliphatic carbocycles. The van der Waals surface area contributed by atoms with Gasteiger partial charge in [0.2, 0.25) is 0 Å². The summed E-state index contributed by atoms with van der Waals surface area (Å²) >= 11 is 0. The van der Waals surface area contributed by atoms with Gasteiger partial charge in [0.05, 0.1) is 17.4 Å². The van der Waals surface area contributed by atoms with Gasteiger partial charge in [-0.1, -0.05) is 0 Å². The summed E-state index contributed by atoms with van der Waals surface area (Å²) in [5, 5.41) is 4.47. The molecule has 2 aromatic rings. The second-order valence-corrected chi connectivity index (χ2v) is 4.35. The predicted octanol–water partition coefficient (Wildman–Crippen LogP) is 1.99. The molecule has 0 aliphatic heterocycles.